The van der Waals surface area contributed by atoms with Crippen molar-refractivity contribution >= 4 is 25.3 Å². The Morgan fingerprint density at radius 2 is 1.56 bits per heavy atom. The summed E-state index contributed by atoms with van der Waals surface area (Å²) in [6, 6.07) is 24.3. The molecule has 0 N–H and O–H groups in total. The van der Waals surface area contributed by atoms with Gasteiger partial charge in [0.25, 0.3) is 0 Å². The summed E-state index contributed by atoms with van der Waals surface area (Å²) in [4.78, 5) is 2.32. The maximum absolute atomic E-state index is 5.83. The summed E-state index contributed by atoms with van der Waals surface area (Å²) in [7, 11) is 2.88. The molecule has 3 aromatic rings. The SMILES string of the molecule is C=C(O/C(C)=C\C)c1ccc(PC)c(N(C)Cc2ccc(-c3ccc(CC)cc3)cc2)c1. The van der Waals surface area contributed by atoms with Gasteiger partial charge in [-0.1, -0.05) is 82.7 Å². The van der Waals surface area contributed by atoms with E-state index >= 15 is 0 Å². The van der Waals surface area contributed by atoms with Gasteiger partial charge < -0.3 is 9.64 Å². The molecule has 0 aliphatic rings. The normalized spacial score (nSPS) is 11.7. The number of rotatable bonds is 9. The number of allylic oxidation sites excluding steroid dienone is 2. The van der Waals surface area contributed by atoms with Crippen molar-refractivity contribution in [3.05, 3.63) is 102 Å². The van der Waals surface area contributed by atoms with E-state index in [4.69, 9.17) is 4.74 Å². The molecule has 0 radical (unpaired) electrons. The Hall–Kier alpha value is -2.83. The third-order valence-electron chi connectivity index (χ3n) is 5.76. The highest BCUT2D eigenvalue weighted by Gasteiger charge is 2.11. The predicted molar refractivity (Wildman–Crippen MR) is 143 cm³/mol. The lowest BCUT2D eigenvalue weighted by atomic mass is 10.0. The molecule has 3 heteroatoms. The smallest absolute Gasteiger partial charge is 0.127 e. The molecule has 0 bridgehead atoms. The van der Waals surface area contributed by atoms with Gasteiger partial charge in [0, 0.05) is 24.8 Å². The molecule has 0 saturated carbocycles. The first-order valence-electron chi connectivity index (χ1n) is 11.2. The lowest BCUT2D eigenvalue weighted by Crippen LogP contribution is -2.21. The van der Waals surface area contributed by atoms with E-state index in [1.807, 2.05) is 19.9 Å². The van der Waals surface area contributed by atoms with Gasteiger partial charge in [-0.05, 0) is 66.6 Å². The highest BCUT2D eigenvalue weighted by atomic mass is 31.1. The summed E-state index contributed by atoms with van der Waals surface area (Å²) in [6.07, 6.45) is 3.02. The molecule has 0 heterocycles. The maximum Gasteiger partial charge on any atom is 0.127 e. The van der Waals surface area contributed by atoms with Crippen LogP contribution in [0.2, 0.25) is 0 Å². The Labute approximate surface area is 195 Å². The van der Waals surface area contributed by atoms with Crippen molar-refractivity contribution in [1.82, 2.24) is 0 Å². The average Bonchev–Trinajstić information content (AvgIpc) is 2.84. The standard InChI is InChI=1S/C29H34NOP/c1-7-21(3)31-22(4)27-17-18-29(32-6)28(19-27)30(5)20-24-11-15-26(16-12-24)25-13-9-23(8-2)10-14-25/h7,9-19,32H,4,8,20H2,1-3,5-6H3/b21-7-. The van der Waals surface area contributed by atoms with E-state index in [0.717, 1.165) is 32.9 Å². The lowest BCUT2D eigenvalue weighted by Gasteiger charge is -2.24. The summed E-state index contributed by atoms with van der Waals surface area (Å²) < 4.78 is 5.83. The predicted octanol–water partition coefficient (Wildman–Crippen LogP) is 7.40. The summed E-state index contributed by atoms with van der Waals surface area (Å²) in [6.45, 7) is 13.3. The van der Waals surface area contributed by atoms with Crippen LogP contribution in [0.15, 0.2) is 85.1 Å². The van der Waals surface area contributed by atoms with Crippen LogP contribution in [0.3, 0.4) is 0 Å². The van der Waals surface area contributed by atoms with Gasteiger partial charge in [0.05, 0.1) is 5.76 Å². The Balaban J connectivity index is 1.77. The van der Waals surface area contributed by atoms with Crippen LogP contribution >= 0.6 is 8.58 Å². The van der Waals surface area contributed by atoms with Crippen molar-refractivity contribution in [3.63, 3.8) is 0 Å². The number of benzene rings is 3. The van der Waals surface area contributed by atoms with Gasteiger partial charge in [-0.25, -0.2) is 0 Å². The molecule has 0 aliphatic carbocycles. The number of hydrogen-bond donors (Lipinski definition) is 0. The number of anilines is 1. The number of hydrogen-bond acceptors (Lipinski definition) is 2. The molecule has 166 valence electrons. The van der Waals surface area contributed by atoms with E-state index in [2.05, 4.69) is 98.8 Å². The first-order chi connectivity index (χ1) is 15.4. The van der Waals surface area contributed by atoms with Crippen molar-refractivity contribution in [2.24, 2.45) is 0 Å². The molecule has 32 heavy (non-hydrogen) atoms. The Kier molecular flexibility index (Phi) is 8.31. The summed E-state index contributed by atoms with van der Waals surface area (Å²) in [5.74, 6) is 1.54. The van der Waals surface area contributed by atoms with Crippen LogP contribution in [0, 0.1) is 0 Å². The molecule has 2 nitrogen and oxygen atoms in total. The highest BCUT2D eigenvalue weighted by Crippen LogP contribution is 2.27. The summed E-state index contributed by atoms with van der Waals surface area (Å²) in [5.41, 5.74) is 7.42. The van der Waals surface area contributed by atoms with Gasteiger partial charge in [-0.3, -0.25) is 0 Å². The zero-order chi connectivity index (χ0) is 23.1. The first-order valence-corrected chi connectivity index (χ1v) is 12.7. The number of ether oxygens (including phenoxy) is 1. The molecule has 0 amide bonds. The van der Waals surface area contributed by atoms with Crippen LogP contribution in [0.1, 0.15) is 37.5 Å². The minimum Gasteiger partial charge on any atom is -0.462 e. The molecular weight excluding hydrogens is 409 g/mol. The van der Waals surface area contributed by atoms with Crippen LogP contribution in [0.5, 0.6) is 0 Å². The van der Waals surface area contributed by atoms with Gasteiger partial charge >= 0.3 is 0 Å². The maximum atomic E-state index is 5.83. The second kappa shape index (κ2) is 11.2. The van der Waals surface area contributed by atoms with Crippen LogP contribution in [0.4, 0.5) is 5.69 Å². The van der Waals surface area contributed by atoms with E-state index in [1.54, 1.807) is 0 Å². The molecule has 0 aliphatic heterocycles. The fourth-order valence-electron chi connectivity index (χ4n) is 3.64. The fourth-order valence-corrected chi connectivity index (χ4v) is 4.41. The molecule has 0 fully saturated rings. The van der Waals surface area contributed by atoms with Gasteiger partial charge in [-0.2, -0.15) is 0 Å². The minimum absolute atomic E-state index is 0.680. The molecule has 1 unspecified atom stereocenters. The molecule has 1 atom stereocenters. The topological polar surface area (TPSA) is 12.5 Å². The van der Waals surface area contributed by atoms with Crippen LogP contribution in [-0.4, -0.2) is 13.7 Å². The molecule has 0 saturated heterocycles. The summed E-state index contributed by atoms with van der Waals surface area (Å²) in [5, 5.41) is 1.35. The fraction of sp³-hybridized carbons (Fsp3) is 0.241. The average molecular weight is 444 g/mol. The van der Waals surface area contributed by atoms with Crippen molar-refractivity contribution in [2.75, 3.05) is 18.6 Å². The van der Waals surface area contributed by atoms with Crippen LogP contribution in [-0.2, 0) is 17.7 Å². The molecule has 0 aromatic heterocycles. The Bertz CT molecular complexity index is 1080. The Morgan fingerprint density at radius 3 is 2.09 bits per heavy atom. The quantitative estimate of drug-likeness (QED) is 0.252. The third-order valence-corrected chi connectivity index (χ3v) is 6.72. The molecule has 0 spiro atoms. The zero-order valence-corrected chi connectivity index (χ0v) is 20.9. The molecular formula is C29H34NOP. The first kappa shape index (κ1) is 23.8. The van der Waals surface area contributed by atoms with Gasteiger partial charge in [0.1, 0.15) is 5.76 Å². The van der Waals surface area contributed by atoms with Crippen molar-refractivity contribution in [3.8, 4) is 11.1 Å². The Morgan fingerprint density at radius 1 is 0.969 bits per heavy atom. The second-order valence-electron chi connectivity index (χ2n) is 8.01. The zero-order valence-electron chi connectivity index (χ0n) is 19.9. The molecule has 3 rings (SSSR count). The minimum atomic E-state index is 0.680. The van der Waals surface area contributed by atoms with Crippen molar-refractivity contribution < 1.29 is 4.74 Å². The van der Waals surface area contributed by atoms with Crippen molar-refractivity contribution in [2.45, 2.75) is 33.7 Å². The van der Waals surface area contributed by atoms with E-state index < -0.39 is 0 Å². The van der Waals surface area contributed by atoms with Crippen LogP contribution < -0.4 is 10.2 Å². The lowest BCUT2D eigenvalue weighted by molar-refractivity contribution is 0.385. The van der Waals surface area contributed by atoms with E-state index in [-0.39, 0.29) is 0 Å². The number of nitrogens with zero attached hydrogens (tertiary/aromatic N) is 1. The third kappa shape index (κ3) is 5.90. The van der Waals surface area contributed by atoms with E-state index in [1.165, 1.54) is 33.2 Å². The number of aryl methyl sites for hydroxylation is 1. The monoisotopic (exact) mass is 443 g/mol. The van der Waals surface area contributed by atoms with Gasteiger partial charge in [-0.15, -0.1) is 0 Å². The second-order valence-corrected chi connectivity index (χ2v) is 9.05. The van der Waals surface area contributed by atoms with E-state index in [0.29, 0.717) is 5.76 Å². The largest absolute Gasteiger partial charge is 0.462 e. The van der Waals surface area contributed by atoms with E-state index in [9.17, 15) is 0 Å². The summed E-state index contributed by atoms with van der Waals surface area (Å²) >= 11 is 0. The van der Waals surface area contributed by atoms with Crippen LogP contribution in [0.25, 0.3) is 16.9 Å². The molecule has 3 aromatic carbocycles. The van der Waals surface area contributed by atoms with Gasteiger partial charge in [0.2, 0.25) is 0 Å². The highest BCUT2D eigenvalue weighted by molar-refractivity contribution is 7.46. The van der Waals surface area contributed by atoms with Crippen molar-refractivity contribution in [1.29, 1.82) is 0 Å². The van der Waals surface area contributed by atoms with Gasteiger partial charge in [0.15, 0.2) is 0 Å².